The molecule has 2 aliphatic heterocycles. The Bertz CT molecular complexity index is 974. The SMILES string of the molecule is CC(C)(C)OC(=O)C1=C(C(CCNS(C)(=O)=O)Sc2nnn[nH]2)CS[C@H]2[C@H](N)C(=O)N12. The number of carbonyl (C=O) groups is 2. The summed E-state index contributed by atoms with van der Waals surface area (Å²) in [6, 6.07) is -0.680. The van der Waals surface area contributed by atoms with Gasteiger partial charge in [0.15, 0.2) is 0 Å². The Hall–Kier alpha value is -1.68. The molecule has 1 fully saturated rings. The number of fused-ring (bicyclic) bond motifs is 1. The van der Waals surface area contributed by atoms with Gasteiger partial charge in [-0.3, -0.25) is 9.69 Å². The van der Waals surface area contributed by atoms with E-state index in [1.807, 2.05) is 0 Å². The average Bonchev–Trinajstić information content (AvgIpc) is 3.16. The molecule has 1 aromatic heterocycles. The predicted octanol–water partition coefficient (Wildman–Crippen LogP) is -0.562. The lowest BCUT2D eigenvalue weighted by Crippen LogP contribution is -2.68. The normalized spacial score (nSPS) is 22.7. The van der Waals surface area contributed by atoms with Crippen molar-refractivity contribution in [3.05, 3.63) is 11.3 Å². The molecule has 3 heterocycles. The highest BCUT2D eigenvalue weighted by Crippen LogP contribution is 2.44. The maximum absolute atomic E-state index is 13.1. The highest BCUT2D eigenvalue weighted by atomic mass is 32.2. The van der Waals surface area contributed by atoms with Crippen LogP contribution in [-0.2, 0) is 24.3 Å². The largest absolute Gasteiger partial charge is 0.455 e. The van der Waals surface area contributed by atoms with Crippen LogP contribution in [0.3, 0.4) is 0 Å². The fourth-order valence-electron chi connectivity index (χ4n) is 3.12. The average molecular weight is 492 g/mol. The van der Waals surface area contributed by atoms with Crippen LogP contribution in [0.1, 0.15) is 27.2 Å². The summed E-state index contributed by atoms with van der Waals surface area (Å²) in [5.74, 6) is -0.546. The minimum Gasteiger partial charge on any atom is -0.455 e. The van der Waals surface area contributed by atoms with E-state index in [0.29, 0.717) is 22.9 Å². The maximum atomic E-state index is 13.1. The first kappa shape index (κ1) is 24.0. The summed E-state index contributed by atoms with van der Waals surface area (Å²) >= 11 is 2.70. The number of amides is 1. The summed E-state index contributed by atoms with van der Waals surface area (Å²) in [6.07, 6.45) is 1.40. The van der Waals surface area contributed by atoms with Crippen LogP contribution in [0, 0.1) is 0 Å². The van der Waals surface area contributed by atoms with E-state index < -0.39 is 32.9 Å². The van der Waals surface area contributed by atoms with Gasteiger partial charge in [0.05, 0.1) is 6.26 Å². The molecule has 2 aliphatic rings. The third kappa shape index (κ3) is 5.77. The van der Waals surface area contributed by atoms with Gasteiger partial charge in [-0.1, -0.05) is 11.8 Å². The summed E-state index contributed by atoms with van der Waals surface area (Å²) < 4.78 is 31.0. The van der Waals surface area contributed by atoms with Crippen molar-refractivity contribution in [1.82, 2.24) is 30.2 Å². The number of H-pyrrole nitrogens is 1. The zero-order valence-corrected chi connectivity index (χ0v) is 19.9. The molecule has 0 saturated carbocycles. The highest BCUT2D eigenvalue weighted by molar-refractivity contribution is 8.01. The molecule has 31 heavy (non-hydrogen) atoms. The lowest BCUT2D eigenvalue weighted by atomic mass is 10.0. The fourth-order valence-corrected chi connectivity index (χ4v) is 6.10. The second-order valence-electron chi connectivity index (χ2n) is 8.08. The molecule has 0 radical (unpaired) electrons. The quantitative estimate of drug-likeness (QED) is 0.241. The number of hydrogen-bond donors (Lipinski definition) is 3. The molecule has 1 amide bonds. The second kappa shape index (κ2) is 9.05. The highest BCUT2D eigenvalue weighted by Gasteiger charge is 2.53. The van der Waals surface area contributed by atoms with Crippen LogP contribution in [0.4, 0.5) is 0 Å². The van der Waals surface area contributed by atoms with Crippen molar-refractivity contribution in [2.45, 2.75) is 54.6 Å². The van der Waals surface area contributed by atoms with Crippen LogP contribution in [0.2, 0.25) is 0 Å². The number of rotatable bonds is 8. The Morgan fingerprint density at radius 2 is 2.19 bits per heavy atom. The first-order chi connectivity index (χ1) is 14.4. The van der Waals surface area contributed by atoms with Gasteiger partial charge in [-0.25, -0.2) is 23.0 Å². The summed E-state index contributed by atoms with van der Waals surface area (Å²) in [4.78, 5) is 27.0. The Morgan fingerprint density at radius 1 is 1.48 bits per heavy atom. The van der Waals surface area contributed by atoms with E-state index >= 15 is 0 Å². The van der Waals surface area contributed by atoms with Gasteiger partial charge in [0.2, 0.25) is 21.1 Å². The summed E-state index contributed by atoms with van der Waals surface area (Å²) in [5.41, 5.74) is 5.97. The molecule has 15 heteroatoms. The van der Waals surface area contributed by atoms with E-state index in [1.54, 1.807) is 20.8 Å². The van der Waals surface area contributed by atoms with Crippen LogP contribution in [0.5, 0.6) is 0 Å². The number of β-lactam (4-membered cyclic amide) rings is 1. The molecule has 3 rings (SSSR count). The van der Waals surface area contributed by atoms with Crippen LogP contribution < -0.4 is 10.5 Å². The van der Waals surface area contributed by atoms with Gasteiger partial charge in [-0.15, -0.1) is 16.9 Å². The van der Waals surface area contributed by atoms with Crippen LogP contribution in [0.15, 0.2) is 16.4 Å². The van der Waals surface area contributed by atoms with Gasteiger partial charge in [0.25, 0.3) is 0 Å². The van der Waals surface area contributed by atoms with E-state index in [4.69, 9.17) is 10.5 Å². The monoisotopic (exact) mass is 491 g/mol. The number of nitrogens with one attached hydrogen (secondary N) is 2. The van der Waals surface area contributed by atoms with Gasteiger partial charge >= 0.3 is 5.97 Å². The molecule has 172 valence electrons. The van der Waals surface area contributed by atoms with Crippen molar-refractivity contribution in [2.24, 2.45) is 5.73 Å². The van der Waals surface area contributed by atoms with Crippen LogP contribution >= 0.6 is 23.5 Å². The number of hydrogen-bond acceptors (Lipinski definition) is 11. The first-order valence-corrected chi connectivity index (χ1v) is 13.2. The fraction of sp³-hybridized carbons (Fsp3) is 0.688. The molecule has 0 aliphatic carbocycles. The maximum Gasteiger partial charge on any atom is 0.355 e. The topological polar surface area (TPSA) is 173 Å². The molecule has 0 spiro atoms. The number of ether oxygens (including phenoxy) is 1. The Kier molecular flexibility index (Phi) is 7.00. The zero-order valence-electron chi connectivity index (χ0n) is 17.5. The summed E-state index contributed by atoms with van der Waals surface area (Å²) in [6.45, 7) is 5.36. The van der Waals surface area contributed by atoms with Crippen molar-refractivity contribution < 1.29 is 22.7 Å². The van der Waals surface area contributed by atoms with Crippen molar-refractivity contribution >= 4 is 45.4 Å². The Morgan fingerprint density at radius 3 is 2.77 bits per heavy atom. The van der Waals surface area contributed by atoms with Gasteiger partial charge < -0.3 is 10.5 Å². The summed E-state index contributed by atoms with van der Waals surface area (Å²) in [7, 11) is -3.39. The number of aromatic nitrogens is 4. The van der Waals surface area contributed by atoms with Crippen molar-refractivity contribution in [3.63, 3.8) is 0 Å². The minimum absolute atomic E-state index is 0.130. The molecule has 1 unspecified atom stereocenters. The Balaban J connectivity index is 1.98. The van der Waals surface area contributed by atoms with Crippen molar-refractivity contribution in [1.29, 1.82) is 0 Å². The number of nitrogens with zero attached hydrogens (tertiary/aromatic N) is 4. The lowest BCUT2D eigenvalue weighted by molar-refractivity contribution is -0.158. The number of carbonyl (C=O) groups excluding carboxylic acids is 2. The van der Waals surface area contributed by atoms with Gasteiger partial charge in [0, 0.05) is 17.5 Å². The number of tetrazole rings is 1. The number of nitrogens with two attached hydrogens (primary N) is 1. The van der Waals surface area contributed by atoms with Crippen molar-refractivity contribution in [2.75, 3.05) is 18.6 Å². The second-order valence-corrected chi connectivity index (χ2v) is 12.2. The molecular weight excluding hydrogens is 466 g/mol. The molecule has 0 aromatic carbocycles. The number of esters is 1. The smallest absolute Gasteiger partial charge is 0.355 e. The molecule has 12 nitrogen and oxygen atoms in total. The van der Waals surface area contributed by atoms with E-state index in [9.17, 15) is 18.0 Å². The number of thioether (sulfide) groups is 2. The van der Waals surface area contributed by atoms with Gasteiger partial charge in [0.1, 0.15) is 22.7 Å². The summed E-state index contributed by atoms with van der Waals surface area (Å²) in [5, 5.41) is 13.3. The van der Waals surface area contributed by atoms with E-state index in [-0.39, 0.29) is 23.5 Å². The van der Waals surface area contributed by atoms with Gasteiger partial charge in [-0.05, 0) is 43.2 Å². The standard InChI is InChI=1S/C16H25N7O5S3/c1-16(2,3)28-14(25)11-8(7-29-13-10(17)12(24)23(11)13)9(5-6-18-31(4,26)27)30-15-19-21-22-20-15/h9-10,13,18H,5-7,17H2,1-4H3,(H,19,20,21,22)/t9?,10-,13+/m1/s1. The number of sulfonamides is 1. The van der Waals surface area contributed by atoms with E-state index in [0.717, 1.165) is 6.26 Å². The molecule has 3 atom stereocenters. The third-order valence-corrected chi connectivity index (χ3v) is 7.62. The lowest BCUT2D eigenvalue weighted by Gasteiger charge is -2.49. The minimum atomic E-state index is -3.39. The molecule has 1 aromatic rings. The molecule has 1 saturated heterocycles. The number of aromatic amines is 1. The van der Waals surface area contributed by atoms with Crippen LogP contribution in [0.25, 0.3) is 0 Å². The molecular formula is C16H25N7O5S3. The third-order valence-electron chi connectivity index (χ3n) is 4.37. The Labute approximate surface area is 188 Å². The first-order valence-electron chi connectivity index (χ1n) is 9.39. The molecule has 0 bridgehead atoms. The van der Waals surface area contributed by atoms with E-state index in [2.05, 4.69) is 25.3 Å². The van der Waals surface area contributed by atoms with E-state index in [1.165, 1.54) is 28.4 Å². The predicted molar refractivity (Wildman–Crippen MR) is 115 cm³/mol. The molecule has 4 N–H and O–H groups in total. The van der Waals surface area contributed by atoms with Crippen LogP contribution in [-0.4, -0.2) is 86.6 Å². The van der Waals surface area contributed by atoms with Gasteiger partial charge in [-0.2, -0.15) is 0 Å². The van der Waals surface area contributed by atoms with Crippen molar-refractivity contribution in [3.8, 4) is 0 Å². The zero-order chi connectivity index (χ0) is 23.0.